The van der Waals surface area contributed by atoms with Crippen molar-refractivity contribution in [3.05, 3.63) is 52.4 Å². The molecule has 7 nitrogen and oxygen atoms in total. The van der Waals surface area contributed by atoms with E-state index in [9.17, 15) is 9.59 Å². The minimum Gasteiger partial charge on any atom is -0.497 e. The number of methoxy groups -OCH3 is 2. The molecule has 1 aromatic carbocycles. The Morgan fingerprint density at radius 2 is 1.96 bits per heavy atom. The number of rotatable bonds is 3. The molecule has 0 aliphatic carbocycles. The van der Waals surface area contributed by atoms with Crippen molar-refractivity contribution in [2.75, 3.05) is 32.6 Å². The highest BCUT2D eigenvalue weighted by Crippen LogP contribution is 2.35. The highest BCUT2D eigenvalue weighted by molar-refractivity contribution is 5.91. The van der Waals surface area contributed by atoms with Crippen LogP contribution in [-0.4, -0.2) is 42.8 Å². The summed E-state index contributed by atoms with van der Waals surface area (Å²) in [4.78, 5) is 26.8. The first-order valence-corrected chi connectivity index (χ1v) is 9.06. The third-order valence-electron chi connectivity index (χ3n) is 5.42. The number of ether oxygens (including phenoxy) is 2. The van der Waals surface area contributed by atoms with Crippen molar-refractivity contribution in [1.82, 2.24) is 9.47 Å². The molecule has 1 saturated heterocycles. The number of likely N-dealkylation sites (tertiary alicyclic amines) is 1. The number of hydrogen-bond acceptors (Lipinski definition) is 4. The van der Waals surface area contributed by atoms with Gasteiger partial charge >= 0.3 is 6.03 Å². The van der Waals surface area contributed by atoms with Crippen LogP contribution in [0.2, 0.25) is 0 Å². The van der Waals surface area contributed by atoms with Gasteiger partial charge in [-0.1, -0.05) is 6.07 Å². The van der Waals surface area contributed by atoms with Gasteiger partial charge in [0.05, 0.1) is 19.9 Å². The first kappa shape index (κ1) is 17.5. The molecule has 2 aliphatic rings. The van der Waals surface area contributed by atoms with Crippen molar-refractivity contribution < 1.29 is 14.3 Å². The molecule has 0 spiro atoms. The molecule has 142 valence electrons. The van der Waals surface area contributed by atoms with E-state index < -0.39 is 0 Å². The van der Waals surface area contributed by atoms with Gasteiger partial charge < -0.3 is 24.3 Å². The van der Waals surface area contributed by atoms with E-state index in [0.717, 1.165) is 12.1 Å². The number of nitrogens with one attached hydrogen (secondary N) is 1. The Hall–Kier alpha value is -2.96. The lowest BCUT2D eigenvalue weighted by molar-refractivity contribution is 0.139. The average molecular weight is 369 g/mol. The molecule has 0 saturated carbocycles. The van der Waals surface area contributed by atoms with Gasteiger partial charge in [0.25, 0.3) is 5.56 Å². The Labute approximate surface area is 157 Å². The maximum Gasteiger partial charge on any atom is 0.321 e. The zero-order valence-electron chi connectivity index (χ0n) is 15.5. The number of carbonyl (C=O) groups is 1. The zero-order valence-corrected chi connectivity index (χ0v) is 15.5. The lowest BCUT2D eigenvalue weighted by Crippen LogP contribution is -2.50. The first-order valence-electron chi connectivity index (χ1n) is 9.06. The molecule has 2 aliphatic heterocycles. The fraction of sp³-hybridized carbons (Fsp3) is 0.400. The third kappa shape index (κ3) is 3.25. The van der Waals surface area contributed by atoms with E-state index in [1.54, 1.807) is 44.6 Å². The number of amides is 2. The molecule has 27 heavy (non-hydrogen) atoms. The smallest absolute Gasteiger partial charge is 0.321 e. The molecule has 3 heterocycles. The lowest BCUT2D eigenvalue weighted by atomic mass is 9.83. The molecular formula is C20H23N3O4. The van der Waals surface area contributed by atoms with Crippen molar-refractivity contribution in [2.24, 2.45) is 5.92 Å². The SMILES string of the molecule is COc1ccc(NC(=O)N2C[C@@H]3C[C@H](C2)c2cccc(=O)n2C3)c(OC)c1. The largest absolute Gasteiger partial charge is 0.497 e. The van der Waals surface area contributed by atoms with E-state index in [2.05, 4.69) is 5.32 Å². The van der Waals surface area contributed by atoms with Crippen LogP contribution in [-0.2, 0) is 6.54 Å². The number of urea groups is 1. The van der Waals surface area contributed by atoms with Crippen LogP contribution in [0.25, 0.3) is 0 Å². The van der Waals surface area contributed by atoms with E-state index in [1.165, 1.54) is 0 Å². The number of hydrogen-bond donors (Lipinski definition) is 1. The number of anilines is 1. The van der Waals surface area contributed by atoms with Gasteiger partial charge in [0.1, 0.15) is 11.5 Å². The molecule has 2 amide bonds. The fourth-order valence-electron chi connectivity index (χ4n) is 4.16. The molecule has 0 unspecified atom stereocenters. The number of pyridine rings is 1. The monoisotopic (exact) mass is 369 g/mol. The summed E-state index contributed by atoms with van der Waals surface area (Å²) in [5.41, 5.74) is 1.68. The van der Waals surface area contributed by atoms with Crippen LogP contribution in [0.4, 0.5) is 10.5 Å². The number of aromatic nitrogens is 1. The molecule has 4 rings (SSSR count). The van der Waals surface area contributed by atoms with E-state index in [0.29, 0.717) is 42.7 Å². The van der Waals surface area contributed by atoms with Gasteiger partial charge in [-0.15, -0.1) is 0 Å². The van der Waals surface area contributed by atoms with Crippen molar-refractivity contribution in [3.63, 3.8) is 0 Å². The van der Waals surface area contributed by atoms with Gasteiger partial charge in [0, 0.05) is 43.4 Å². The van der Waals surface area contributed by atoms with Crippen LogP contribution in [0.5, 0.6) is 11.5 Å². The van der Waals surface area contributed by atoms with Crippen LogP contribution in [0.15, 0.2) is 41.2 Å². The van der Waals surface area contributed by atoms with Crippen LogP contribution in [0.3, 0.4) is 0 Å². The molecule has 0 radical (unpaired) electrons. The van der Waals surface area contributed by atoms with E-state index >= 15 is 0 Å². The maximum absolute atomic E-state index is 12.9. The summed E-state index contributed by atoms with van der Waals surface area (Å²) in [6.07, 6.45) is 1.01. The van der Waals surface area contributed by atoms with Crippen LogP contribution < -0.4 is 20.3 Å². The summed E-state index contributed by atoms with van der Waals surface area (Å²) in [6, 6.07) is 10.5. The van der Waals surface area contributed by atoms with Crippen LogP contribution in [0, 0.1) is 5.92 Å². The summed E-state index contributed by atoms with van der Waals surface area (Å²) < 4.78 is 12.4. The second-order valence-corrected chi connectivity index (χ2v) is 7.10. The van der Waals surface area contributed by atoms with Crippen LogP contribution in [0.1, 0.15) is 18.0 Å². The predicted octanol–water partition coefficient (Wildman–Crippen LogP) is 2.52. The summed E-state index contributed by atoms with van der Waals surface area (Å²) >= 11 is 0. The van der Waals surface area contributed by atoms with Gasteiger partial charge in [-0.2, -0.15) is 0 Å². The van der Waals surface area contributed by atoms with Crippen molar-refractivity contribution >= 4 is 11.7 Å². The van der Waals surface area contributed by atoms with Crippen molar-refractivity contribution in [1.29, 1.82) is 0 Å². The minimum atomic E-state index is -0.153. The minimum absolute atomic E-state index is 0.0445. The summed E-state index contributed by atoms with van der Waals surface area (Å²) in [5, 5.41) is 2.95. The Balaban J connectivity index is 1.52. The van der Waals surface area contributed by atoms with E-state index in [4.69, 9.17) is 9.47 Å². The second kappa shape index (κ2) is 6.98. The normalized spacial score (nSPS) is 20.6. The van der Waals surface area contributed by atoms with Crippen molar-refractivity contribution in [3.8, 4) is 11.5 Å². The Morgan fingerprint density at radius 3 is 2.74 bits per heavy atom. The molecule has 1 N–H and O–H groups in total. The number of piperidine rings is 1. The van der Waals surface area contributed by atoms with Gasteiger partial charge in [0.15, 0.2) is 0 Å². The quantitative estimate of drug-likeness (QED) is 0.902. The number of carbonyl (C=O) groups excluding carboxylic acids is 1. The molecule has 1 aromatic heterocycles. The van der Waals surface area contributed by atoms with E-state index in [-0.39, 0.29) is 17.5 Å². The third-order valence-corrected chi connectivity index (χ3v) is 5.42. The summed E-state index contributed by atoms with van der Waals surface area (Å²) in [6.45, 7) is 1.91. The standard InChI is InChI=1S/C20H23N3O4/c1-26-15-6-7-16(18(9-15)27-2)21-20(25)22-10-13-8-14(12-22)17-4-3-5-19(24)23(17)11-13/h3-7,9,13-14H,8,10-12H2,1-2H3,(H,21,25)/t13-,14+/m0/s1. The summed E-state index contributed by atoms with van der Waals surface area (Å²) in [7, 11) is 3.15. The van der Waals surface area contributed by atoms with Gasteiger partial charge in [-0.3, -0.25) is 4.79 Å². The fourth-order valence-corrected chi connectivity index (χ4v) is 4.16. The Bertz CT molecular complexity index is 924. The maximum atomic E-state index is 12.9. The number of benzene rings is 1. The topological polar surface area (TPSA) is 72.8 Å². The molecule has 2 bridgehead atoms. The highest BCUT2D eigenvalue weighted by atomic mass is 16.5. The van der Waals surface area contributed by atoms with Crippen molar-refractivity contribution in [2.45, 2.75) is 18.9 Å². The highest BCUT2D eigenvalue weighted by Gasteiger charge is 2.36. The summed E-state index contributed by atoms with van der Waals surface area (Å²) in [5.74, 6) is 1.70. The van der Waals surface area contributed by atoms with E-state index in [1.807, 2.05) is 15.5 Å². The number of nitrogens with zero attached hydrogens (tertiary/aromatic N) is 2. The van der Waals surface area contributed by atoms with Crippen LogP contribution >= 0.6 is 0 Å². The molecule has 7 heteroatoms. The Kier molecular flexibility index (Phi) is 4.51. The molecule has 2 aromatic rings. The average Bonchev–Trinajstić information content (AvgIpc) is 2.69. The van der Waals surface area contributed by atoms with Gasteiger partial charge in [0.2, 0.25) is 0 Å². The lowest BCUT2D eigenvalue weighted by Gasteiger charge is -2.42. The number of fused-ring (bicyclic) bond motifs is 4. The molecular weight excluding hydrogens is 346 g/mol. The predicted molar refractivity (Wildman–Crippen MR) is 102 cm³/mol. The second-order valence-electron chi connectivity index (χ2n) is 7.10. The zero-order chi connectivity index (χ0) is 19.0. The molecule has 1 fully saturated rings. The Morgan fingerprint density at radius 1 is 1.11 bits per heavy atom. The van der Waals surface area contributed by atoms with Gasteiger partial charge in [-0.25, -0.2) is 4.79 Å². The first-order chi connectivity index (χ1) is 13.1. The van der Waals surface area contributed by atoms with Gasteiger partial charge in [-0.05, 0) is 30.5 Å². The molecule has 2 atom stereocenters.